The van der Waals surface area contributed by atoms with E-state index in [1.807, 2.05) is 19.4 Å². The predicted octanol–water partition coefficient (Wildman–Crippen LogP) is 0.758. The van der Waals surface area contributed by atoms with Gasteiger partial charge in [0.25, 0.3) is 0 Å². The number of nitrogens with zero attached hydrogens (tertiary/aromatic N) is 6. The summed E-state index contributed by atoms with van der Waals surface area (Å²) in [6.07, 6.45) is 6.65. The van der Waals surface area contributed by atoms with E-state index in [0.717, 1.165) is 30.0 Å². The lowest BCUT2D eigenvalue weighted by atomic mass is 10.2. The molecule has 9 heteroatoms. The fourth-order valence-electron chi connectivity index (χ4n) is 2.85. The van der Waals surface area contributed by atoms with Crippen LogP contribution in [-0.4, -0.2) is 61.5 Å². The van der Waals surface area contributed by atoms with Crippen LogP contribution in [0.1, 0.15) is 17.5 Å². The number of aromatic amines is 1. The minimum Gasteiger partial charge on any atom is -0.371 e. The van der Waals surface area contributed by atoms with E-state index in [1.165, 1.54) is 6.33 Å². The SMILES string of the molecule is CNc1nc(C2CN(Cc3cncnc3)CCO2)nc2nc[nH]c12. The highest BCUT2D eigenvalue weighted by Gasteiger charge is 2.25. The lowest BCUT2D eigenvalue weighted by Gasteiger charge is -2.32. The first-order valence-electron chi connectivity index (χ1n) is 7.80. The van der Waals surface area contributed by atoms with Gasteiger partial charge in [0.05, 0.1) is 12.9 Å². The smallest absolute Gasteiger partial charge is 0.183 e. The van der Waals surface area contributed by atoms with E-state index in [-0.39, 0.29) is 6.10 Å². The molecular weight excluding hydrogens is 308 g/mol. The molecule has 1 unspecified atom stereocenters. The molecule has 4 heterocycles. The molecule has 0 spiro atoms. The zero-order valence-corrected chi connectivity index (χ0v) is 13.3. The van der Waals surface area contributed by atoms with Crippen LogP contribution in [0.25, 0.3) is 11.2 Å². The summed E-state index contributed by atoms with van der Waals surface area (Å²) in [7, 11) is 1.83. The largest absolute Gasteiger partial charge is 0.371 e. The van der Waals surface area contributed by atoms with Crippen LogP contribution in [0.5, 0.6) is 0 Å². The van der Waals surface area contributed by atoms with Crippen molar-refractivity contribution in [2.75, 3.05) is 32.1 Å². The number of fused-ring (bicyclic) bond motifs is 1. The third-order valence-electron chi connectivity index (χ3n) is 4.00. The number of morpholine rings is 1. The first kappa shape index (κ1) is 14.9. The molecule has 3 aromatic heterocycles. The lowest BCUT2D eigenvalue weighted by molar-refractivity contribution is -0.0370. The van der Waals surface area contributed by atoms with Crippen LogP contribution < -0.4 is 5.32 Å². The van der Waals surface area contributed by atoms with Crippen LogP contribution in [0.3, 0.4) is 0 Å². The molecular formula is C15H18N8O. The Bertz CT molecular complexity index is 821. The van der Waals surface area contributed by atoms with Crippen molar-refractivity contribution in [1.82, 2.24) is 34.8 Å². The van der Waals surface area contributed by atoms with Crippen LogP contribution >= 0.6 is 0 Å². The summed E-state index contributed by atoms with van der Waals surface area (Å²) in [4.78, 5) is 26.8. The van der Waals surface area contributed by atoms with Gasteiger partial charge in [-0.05, 0) is 0 Å². The van der Waals surface area contributed by atoms with Crippen molar-refractivity contribution >= 4 is 17.0 Å². The van der Waals surface area contributed by atoms with Crippen LogP contribution in [0.2, 0.25) is 0 Å². The molecule has 0 bridgehead atoms. The second-order valence-electron chi connectivity index (χ2n) is 5.62. The van der Waals surface area contributed by atoms with Gasteiger partial charge < -0.3 is 15.0 Å². The Morgan fingerprint density at radius 1 is 1.33 bits per heavy atom. The molecule has 1 saturated heterocycles. The number of H-pyrrole nitrogens is 1. The molecule has 0 aromatic carbocycles. The van der Waals surface area contributed by atoms with Crippen molar-refractivity contribution in [3.05, 3.63) is 36.4 Å². The molecule has 124 valence electrons. The summed E-state index contributed by atoms with van der Waals surface area (Å²) in [5.41, 5.74) is 2.52. The lowest BCUT2D eigenvalue weighted by Crippen LogP contribution is -2.38. The average Bonchev–Trinajstić information content (AvgIpc) is 3.10. The van der Waals surface area contributed by atoms with E-state index in [4.69, 9.17) is 4.74 Å². The highest BCUT2D eigenvalue weighted by Crippen LogP contribution is 2.24. The van der Waals surface area contributed by atoms with Gasteiger partial charge in [0.1, 0.15) is 17.9 Å². The van der Waals surface area contributed by atoms with Gasteiger partial charge in [0, 0.05) is 44.6 Å². The number of rotatable bonds is 4. The minimum atomic E-state index is -0.184. The Morgan fingerprint density at radius 2 is 2.21 bits per heavy atom. The first-order chi connectivity index (χ1) is 11.8. The highest BCUT2D eigenvalue weighted by atomic mass is 16.5. The fourth-order valence-corrected chi connectivity index (χ4v) is 2.85. The Hall–Kier alpha value is -2.65. The van der Waals surface area contributed by atoms with E-state index in [2.05, 4.69) is 40.1 Å². The van der Waals surface area contributed by atoms with E-state index in [1.54, 1.807) is 6.33 Å². The quantitative estimate of drug-likeness (QED) is 0.724. The van der Waals surface area contributed by atoms with Crippen LogP contribution in [0, 0.1) is 0 Å². The van der Waals surface area contributed by atoms with Gasteiger partial charge in [-0.3, -0.25) is 4.90 Å². The molecule has 1 atom stereocenters. The number of aromatic nitrogens is 6. The maximum absolute atomic E-state index is 5.89. The maximum Gasteiger partial charge on any atom is 0.183 e. The van der Waals surface area contributed by atoms with E-state index < -0.39 is 0 Å². The topological polar surface area (TPSA) is 105 Å². The van der Waals surface area contributed by atoms with Crippen molar-refractivity contribution in [3.63, 3.8) is 0 Å². The third-order valence-corrected chi connectivity index (χ3v) is 4.00. The molecule has 1 fully saturated rings. The number of imidazole rings is 1. The molecule has 0 amide bonds. The Labute approximate surface area is 138 Å². The number of hydrogen-bond donors (Lipinski definition) is 2. The van der Waals surface area contributed by atoms with Gasteiger partial charge in [0.2, 0.25) is 0 Å². The van der Waals surface area contributed by atoms with Crippen molar-refractivity contribution < 1.29 is 4.74 Å². The maximum atomic E-state index is 5.89. The van der Waals surface area contributed by atoms with Crippen molar-refractivity contribution in [3.8, 4) is 0 Å². The van der Waals surface area contributed by atoms with Crippen LogP contribution in [0.4, 0.5) is 5.82 Å². The summed E-state index contributed by atoms with van der Waals surface area (Å²) >= 11 is 0. The van der Waals surface area contributed by atoms with Crippen LogP contribution in [-0.2, 0) is 11.3 Å². The zero-order valence-electron chi connectivity index (χ0n) is 13.3. The van der Waals surface area contributed by atoms with Gasteiger partial charge in [0.15, 0.2) is 17.3 Å². The summed E-state index contributed by atoms with van der Waals surface area (Å²) in [5, 5.41) is 3.08. The van der Waals surface area contributed by atoms with Crippen molar-refractivity contribution in [2.45, 2.75) is 12.6 Å². The van der Waals surface area contributed by atoms with Gasteiger partial charge in [-0.15, -0.1) is 0 Å². The third kappa shape index (κ3) is 2.91. The highest BCUT2D eigenvalue weighted by molar-refractivity contribution is 5.82. The normalized spacial score (nSPS) is 18.8. The van der Waals surface area contributed by atoms with Crippen molar-refractivity contribution in [2.24, 2.45) is 0 Å². The molecule has 0 saturated carbocycles. The predicted molar refractivity (Wildman–Crippen MR) is 87.2 cm³/mol. The van der Waals surface area contributed by atoms with Gasteiger partial charge >= 0.3 is 0 Å². The van der Waals surface area contributed by atoms with Gasteiger partial charge in [-0.2, -0.15) is 0 Å². The summed E-state index contributed by atoms with van der Waals surface area (Å²) < 4.78 is 5.89. The number of anilines is 1. The Kier molecular flexibility index (Phi) is 4.01. The second-order valence-corrected chi connectivity index (χ2v) is 5.62. The van der Waals surface area contributed by atoms with Gasteiger partial charge in [-0.1, -0.05) is 0 Å². The standard InChI is InChI=1S/C15H18N8O/c1-16-14-12-15(20-9-19-12)22-13(21-14)11-7-23(2-3-24-11)6-10-4-17-8-18-5-10/h4-5,8-9,11H,2-3,6-7H2,1H3,(H2,16,19,20,21,22). The zero-order chi connectivity index (χ0) is 16.4. The summed E-state index contributed by atoms with van der Waals surface area (Å²) in [6, 6.07) is 0. The van der Waals surface area contributed by atoms with Crippen molar-refractivity contribution in [1.29, 1.82) is 0 Å². The molecule has 0 radical (unpaired) electrons. The minimum absolute atomic E-state index is 0.184. The molecule has 4 rings (SSSR count). The number of nitrogens with one attached hydrogen (secondary N) is 2. The molecule has 2 N–H and O–H groups in total. The molecule has 9 nitrogen and oxygen atoms in total. The fraction of sp³-hybridized carbons (Fsp3) is 0.400. The Balaban J connectivity index is 1.55. The van der Waals surface area contributed by atoms with Gasteiger partial charge in [-0.25, -0.2) is 24.9 Å². The van der Waals surface area contributed by atoms with E-state index >= 15 is 0 Å². The summed E-state index contributed by atoms with van der Waals surface area (Å²) in [6.45, 7) is 2.99. The molecule has 3 aromatic rings. The molecule has 1 aliphatic rings. The molecule has 0 aliphatic carbocycles. The number of hydrogen-bond acceptors (Lipinski definition) is 8. The second kappa shape index (κ2) is 6.46. The number of ether oxygens (including phenoxy) is 1. The molecule has 1 aliphatic heterocycles. The monoisotopic (exact) mass is 326 g/mol. The molecule has 24 heavy (non-hydrogen) atoms. The van der Waals surface area contributed by atoms with E-state index in [9.17, 15) is 0 Å². The van der Waals surface area contributed by atoms with Crippen LogP contribution in [0.15, 0.2) is 25.0 Å². The summed E-state index contributed by atoms with van der Waals surface area (Å²) in [5.74, 6) is 1.37. The first-order valence-corrected chi connectivity index (χ1v) is 7.80. The Morgan fingerprint density at radius 3 is 3.04 bits per heavy atom. The average molecular weight is 326 g/mol. The van der Waals surface area contributed by atoms with E-state index in [0.29, 0.717) is 24.6 Å².